The van der Waals surface area contributed by atoms with E-state index in [4.69, 9.17) is 5.73 Å². The van der Waals surface area contributed by atoms with Gasteiger partial charge in [-0.05, 0) is 29.5 Å². The third kappa shape index (κ3) is 3.02. The van der Waals surface area contributed by atoms with E-state index in [9.17, 15) is 4.39 Å². The summed E-state index contributed by atoms with van der Waals surface area (Å²) in [5.74, 6) is 0.291. The van der Waals surface area contributed by atoms with E-state index in [0.717, 1.165) is 12.0 Å². The number of rotatable bonds is 4. The first-order valence-corrected chi connectivity index (χ1v) is 6.73. The summed E-state index contributed by atoms with van der Waals surface area (Å²) >= 11 is 0. The molecule has 2 aromatic carbocycles. The Bertz CT molecular complexity index is 533. The molecule has 0 fully saturated rings. The lowest BCUT2D eigenvalue weighted by molar-refractivity contribution is 0.599. The van der Waals surface area contributed by atoms with Crippen LogP contribution in [0.5, 0.6) is 0 Å². The second-order valence-corrected chi connectivity index (χ2v) is 4.98. The number of hydrogen-bond donors (Lipinski definition) is 1. The Kier molecular flexibility index (Phi) is 4.33. The van der Waals surface area contributed by atoms with E-state index >= 15 is 0 Å². The van der Waals surface area contributed by atoms with Crippen molar-refractivity contribution in [2.45, 2.75) is 32.2 Å². The number of hydrogen-bond acceptors (Lipinski definition) is 1. The van der Waals surface area contributed by atoms with Crippen LogP contribution in [0.3, 0.4) is 0 Å². The molecule has 0 aliphatic carbocycles. The average Bonchev–Trinajstić information content (AvgIpc) is 2.46. The fraction of sp³-hybridized carbons (Fsp3) is 0.294. The van der Waals surface area contributed by atoms with Crippen molar-refractivity contribution in [3.05, 3.63) is 71.0 Å². The largest absolute Gasteiger partial charge is 0.320 e. The molecule has 2 aromatic rings. The summed E-state index contributed by atoms with van der Waals surface area (Å²) in [6.45, 7) is 4.37. The first kappa shape index (κ1) is 13.8. The summed E-state index contributed by atoms with van der Waals surface area (Å²) in [6.07, 6.45) is 1.11. The molecule has 19 heavy (non-hydrogen) atoms. The van der Waals surface area contributed by atoms with E-state index in [1.54, 1.807) is 12.1 Å². The monoisotopic (exact) mass is 257 g/mol. The quantitative estimate of drug-likeness (QED) is 0.863. The smallest absolute Gasteiger partial charge is 0.128 e. The Hall–Kier alpha value is -1.67. The predicted molar refractivity (Wildman–Crippen MR) is 77.6 cm³/mol. The molecule has 0 heterocycles. The maximum absolute atomic E-state index is 13.7. The van der Waals surface area contributed by atoms with Crippen molar-refractivity contribution < 1.29 is 4.39 Å². The topological polar surface area (TPSA) is 26.0 Å². The van der Waals surface area contributed by atoms with Gasteiger partial charge in [-0.1, -0.05) is 56.3 Å². The van der Waals surface area contributed by atoms with Gasteiger partial charge in [0, 0.05) is 5.56 Å². The summed E-state index contributed by atoms with van der Waals surface area (Å²) in [5.41, 5.74) is 8.92. The van der Waals surface area contributed by atoms with Crippen LogP contribution in [0, 0.1) is 5.82 Å². The first-order chi connectivity index (χ1) is 9.13. The average molecular weight is 257 g/mol. The van der Waals surface area contributed by atoms with Gasteiger partial charge in [0.1, 0.15) is 5.82 Å². The van der Waals surface area contributed by atoms with Crippen LogP contribution in [0.4, 0.5) is 4.39 Å². The predicted octanol–water partition coefficient (Wildman–Crippen LogP) is 4.39. The summed E-state index contributed by atoms with van der Waals surface area (Å²) in [4.78, 5) is 0. The lowest BCUT2D eigenvalue weighted by atomic mass is 9.94. The zero-order valence-corrected chi connectivity index (χ0v) is 11.4. The highest BCUT2D eigenvalue weighted by atomic mass is 19.1. The van der Waals surface area contributed by atoms with Crippen molar-refractivity contribution in [2.75, 3.05) is 0 Å². The zero-order chi connectivity index (χ0) is 13.8. The molecule has 2 atom stereocenters. The summed E-state index contributed by atoms with van der Waals surface area (Å²) < 4.78 is 13.7. The minimum absolute atomic E-state index is 0.249. The lowest BCUT2D eigenvalue weighted by Crippen LogP contribution is -2.13. The van der Waals surface area contributed by atoms with Crippen LogP contribution in [0.2, 0.25) is 0 Å². The molecule has 0 aliphatic heterocycles. The molecule has 0 spiro atoms. The van der Waals surface area contributed by atoms with E-state index in [2.05, 4.69) is 26.0 Å². The third-order valence-electron chi connectivity index (χ3n) is 3.72. The Morgan fingerprint density at radius 1 is 1.00 bits per heavy atom. The van der Waals surface area contributed by atoms with Crippen molar-refractivity contribution in [1.29, 1.82) is 0 Å². The van der Waals surface area contributed by atoms with E-state index in [-0.39, 0.29) is 5.82 Å². The number of benzene rings is 2. The van der Waals surface area contributed by atoms with Gasteiger partial charge in [0.05, 0.1) is 6.04 Å². The molecule has 0 saturated heterocycles. The molecule has 0 radical (unpaired) electrons. The molecular formula is C17H20FN. The number of nitrogens with two attached hydrogens (primary N) is 1. The third-order valence-corrected chi connectivity index (χ3v) is 3.72. The van der Waals surface area contributed by atoms with Crippen LogP contribution >= 0.6 is 0 Å². The molecule has 0 saturated carbocycles. The first-order valence-electron chi connectivity index (χ1n) is 6.73. The Morgan fingerprint density at radius 3 is 2.16 bits per heavy atom. The highest BCUT2D eigenvalue weighted by Gasteiger charge is 2.13. The zero-order valence-electron chi connectivity index (χ0n) is 11.4. The van der Waals surface area contributed by atoms with Gasteiger partial charge in [0.15, 0.2) is 0 Å². The molecule has 1 nitrogen and oxygen atoms in total. The van der Waals surface area contributed by atoms with Gasteiger partial charge in [-0.3, -0.25) is 0 Å². The van der Waals surface area contributed by atoms with Crippen LogP contribution in [-0.4, -0.2) is 0 Å². The van der Waals surface area contributed by atoms with Gasteiger partial charge in [-0.25, -0.2) is 4.39 Å². The summed E-state index contributed by atoms with van der Waals surface area (Å²) in [6, 6.07) is 14.4. The highest BCUT2D eigenvalue weighted by Crippen LogP contribution is 2.25. The molecular weight excluding hydrogens is 237 g/mol. The Labute approximate surface area is 114 Å². The molecule has 100 valence electrons. The van der Waals surface area contributed by atoms with Gasteiger partial charge in [-0.2, -0.15) is 0 Å². The van der Waals surface area contributed by atoms with Crippen molar-refractivity contribution in [1.82, 2.24) is 0 Å². The van der Waals surface area contributed by atoms with Gasteiger partial charge in [0.25, 0.3) is 0 Å². The van der Waals surface area contributed by atoms with Crippen molar-refractivity contribution >= 4 is 0 Å². The SMILES string of the molecule is CCC(C)c1ccc(C(N)c2ccccc2F)cc1. The van der Waals surface area contributed by atoms with E-state index < -0.39 is 6.04 Å². The van der Waals surface area contributed by atoms with Crippen LogP contribution in [0.15, 0.2) is 48.5 Å². The highest BCUT2D eigenvalue weighted by molar-refractivity contribution is 5.34. The number of halogens is 1. The van der Waals surface area contributed by atoms with Crippen LogP contribution < -0.4 is 5.73 Å². The Morgan fingerprint density at radius 2 is 1.58 bits per heavy atom. The summed E-state index contributed by atoms with van der Waals surface area (Å²) in [5, 5.41) is 0. The van der Waals surface area contributed by atoms with Crippen LogP contribution in [0.1, 0.15) is 48.9 Å². The molecule has 0 aromatic heterocycles. The fourth-order valence-electron chi connectivity index (χ4n) is 2.17. The molecule has 0 amide bonds. The maximum Gasteiger partial charge on any atom is 0.128 e. The van der Waals surface area contributed by atoms with E-state index in [0.29, 0.717) is 11.5 Å². The second-order valence-electron chi connectivity index (χ2n) is 4.98. The fourth-order valence-corrected chi connectivity index (χ4v) is 2.17. The van der Waals surface area contributed by atoms with Gasteiger partial charge < -0.3 is 5.73 Å². The van der Waals surface area contributed by atoms with Crippen LogP contribution in [0.25, 0.3) is 0 Å². The van der Waals surface area contributed by atoms with Crippen molar-refractivity contribution in [2.24, 2.45) is 5.73 Å². The molecule has 2 rings (SSSR count). The van der Waals surface area contributed by atoms with Crippen LogP contribution in [-0.2, 0) is 0 Å². The lowest BCUT2D eigenvalue weighted by Gasteiger charge is -2.15. The van der Waals surface area contributed by atoms with Gasteiger partial charge in [0.2, 0.25) is 0 Å². The normalized spacial score (nSPS) is 14.1. The Balaban J connectivity index is 2.25. The minimum atomic E-state index is -0.410. The molecule has 0 bridgehead atoms. The van der Waals surface area contributed by atoms with Gasteiger partial charge in [-0.15, -0.1) is 0 Å². The van der Waals surface area contributed by atoms with Crippen molar-refractivity contribution in [3.8, 4) is 0 Å². The second kappa shape index (κ2) is 5.98. The molecule has 0 aliphatic rings. The van der Waals surface area contributed by atoms with Crippen molar-refractivity contribution in [3.63, 3.8) is 0 Å². The molecule has 2 unspecified atom stereocenters. The summed E-state index contributed by atoms with van der Waals surface area (Å²) in [7, 11) is 0. The maximum atomic E-state index is 13.7. The molecule has 2 N–H and O–H groups in total. The standard InChI is InChI=1S/C17H20FN/c1-3-12(2)13-8-10-14(11-9-13)17(19)15-6-4-5-7-16(15)18/h4-12,17H,3,19H2,1-2H3. The van der Waals surface area contributed by atoms with E-state index in [1.165, 1.54) is 11.6 Å². The van der Waals surface area contributed by atoms with Gasteiger partial charge >= 0.3 is 0 Å². The molecule has 2 heteroatoms. The minimum Gasteiger partial charge on any atom is -0.320 e. The van der Waals surface area contributed by atoms with E-state index in [1.807, 2.05) is 18.2 Å².